The van der Waals surface area contributed by atoms with Crippen molar-refractivity contribution in [2.75, 3.05) is 0 Å². The molecule has 0 bridgehead atoms. The lowest BCUT2D eigenvalue weighted by molar-refractivity contribution is -0.143. The first kappa shape index (κ1) is 34.0. The van der Waals surface area contributed by atoms with E-state index >= 15 is 0 Å². The molecule has 0 aliphatic rings. The molecule has 260 valence electrons. The average molecular weight is 722 g/mol. The fourth-order valence-electron chi connectivity index (χ4n) is 6.61. The van der Waals surface area contributed by atoms with Crippen molar-refractivity contribution in [3.63, 3.8) is 0 Å². The summed E-state index contributed by atoms with van der Waals surface area (Å²) in [6.45, 7) is 0. The molecule has 0 unspecified atom stereocenters. The highest BCUT2D eigenvalue weighted by molar-refractivity contribution is 6.25. The van der Waals surface area contributed by atoms with Crippen molar-refractivity contribution in [3.05, 3.63) is 150 Å². The number of pyridine rings is 1. The number of para-hydroxylation sites is 1. The predicted molar refractivity (Wildman–Crippen MR) is 194 cm³/mol. The van der Waals surface area contributed by atoms with Gasteiger partial charge in [-0.3, -0.25) is 0 Å². The Hall–Kier alpha value is -7.11. The fourth-order valence-corrected chi connectivity index (χ4v) is 6.61. The molecule has 2 heterocycles. The molecular weight excluding hydrogens is 700 g/mol. The molecule has 0 atom stereocenters. The molecule has 0 saturated carbocycles. The molecule has 8 rings (SSSR count). The van der Waals surface area contributed by atoms with Crippen LogP contribution in [0.5, 0.6) is 0 Å². The van der Waals surface area contributed by atoms with Gasteiger partial charge in [-0.05, 0) is 65.7 Å². The molecule has 0 aliphatic carbocycles. The van der Waals surface area contributed by atoms with Crippen LogP contribution in [0.1, 0.15) is 22.3 Å². The van der Waals surface area contributed by atoms with Crippen LogP contribution in [0.3, 0.4) is 0 Å². The highest BCUT2D eigenvalue weighted by atomic mass is 19.4. The summed E-state index contributed by atoms with van der Waals surface area (Å²) in [6, 6.07) is 36.3. The Morgan fingerprint density at radius 3 is 1.50 bits per heavy atom. The van der Waals surface area contributed by atoms with E-state index in [1.807, 2.05) is 6.07 Å². The largest absolute Gasteiger partial charge is 0.416 e. The van der Waals surface area contributed by atoms with Crippen LogP contribution in [0, 0.1) is 22.7 Å². The van der Waals surface area contributed by atoms with Crippen LogP contribution < -0.4 is 0 Å². The lowest BCUT2D eigenvalue weighted by Crippen LogP contribution is -2.11. The second-order valence-electron chi connectivity index (χ2n) is 12.5. The van der Waals surface area contributed by atoms with Gasteiger partial charge in [-0.15, -0.1) is 0 Å². The van der Waals surface area contributed by atoms with Crippen LogP contribution in [0.4, 0.5) is 26.3 Å². The zero-order valence-electron chi connectivity index (χ0n) is 27.6. The Kier molecular flexibility index (Phi) is 8.08. The van der Waals surface area contributed by atoms with Crippen LogP contribution in [0.25, 0.3) is 77.6 Å². The van der Waals surface area contributed by atoms with Crippen molar-refractivity contribution in [1.82, 2.24) is 15.0 Å². The first-order chi connectivity index (χ1) is 25.9. The Balaban J connectivity index is 1.59. The number of hydrogen-bond donors (Lipinski definition) is 0. The van der Waals surface area contributed by atoms with E-state index in [-0.39, 0.29) is 22.7 Å². The van der Waals surface area contributed by atoms with Gasteiger partial charge in [0.1, 0.15) is 0 Å². The van der Waals surface area contributed by atoms with E-state index in [1.54, 1.807) is 97.1 Å². The van der Waals surface area contributed by atoms with Gasteiger partial charge in [0.2, 0.25) is 0 Å². The Morgan fingerprint density at radius 2 is 0.944 bits per heavy atom. The molecule has 11 heteroatoms. The summed E-state index contributed by atoms with van der Waals surface area (Å²) in [5.74, 6) is 0. The van der Waals surface area contributed by atoms with Crippen LogP contribution in [-0.2, 0) is 12.4 Å². The number of fused-ring (bicyclic) bond motifs is 5. The van der Waals surface area contributed by atoms with Crippen molar-refractivity contribution in [3.8, 4) is 57.0 Å². The van der Waals surface area contributed by atoms with E-state index in [4.69, 9.17) is 15.0 Å². The SMILES string of the molecule is N#Cc1ccc(-c2nc3cc(-c4cc(C(F)(F)F)cc(C(F)(F)F)c4)c4c5ccccc5nc(-c5ccccc5)c4c3nc2-c2ccc(C#N)cc2)cc1. The summed E-state index contributed by atoms with van der Waals surface area (Å²) >= 11 is 0. The van der Waals surface area contributed by atoms with Gasteiger partial charge in [0.15, 0.2) is 0 Å². The maximum atomic E-state index is 14.3. The summed E-state index contributed by atoms with van der Waals surface area (Å²) in [6.07, 6.45) is -10.2. The van der Waals surface area contributed by atoms with E-state index in [1.165, 1.54) is 6.07 Å². The minimum absolute atomic E-state index is 0.0658. The van der Waals surface area contributed by atoms with Gasteiger partial charge >= 0.3 is 12.4 Å². The third-order valence-electron chi connectivity index (χ3n) is 9.12. The first-order valence-electron chi connectivity index (χ1n) is 16.4. The van der Waals surface area contributed by atoms with Crippen molar-refractivity contribution >= 4 is 32.7 Å². The average Bonchev–Trinajstić information content (AvgIpc) is 3.19. The van der Waals surface area contributed by atoms with Gasteiger partial charge in [0, 0.05) is 32.8 Å². The molecular formula is C43H21F6N5. The number of alkyl halides is 6. The highest BCUT2D eigenvalue weighted by Gasteiger charge is 2.37. The third kappa shape index (κ3) is 6.02. The molecule has 0 amide bonds. The van der Waals surface area contributed by atoms with Crippen LogP contribution in [-0.4, -0.2) is 15.0 Å². The Morgan fingerprint density at radius 1 is 0.444 bits per heavy atom. The van der Waals surface area contributed by atoms with Crippen molar-refractivity contribution in [2.24, 2.45) is 0 Å². The lowest BCUT2D eigenvalue weighted by Gasteiger charge is -2.19. The molecule has 0 aliphatic heterocycles. The Bertz CT molecular complexity index is 2820. The van der Waals surface area contributed by atoms with E-state index in [0.717, 1.165) is 0 Å². The molecule has 0 fully saturated rings. The smallest absolute Gasteiger partial charge is 0.247 e. The standard InChI is InChI=1S/C43H21F6N5/c44-42(45,46)30-18-29(19-31(20-30)43(47,48)49)33-21-35-41(37-36(33)32-8-4-5-9-34(32)52-38(37)26-6-2-1-3-7-26)54-40(28-16-12-25(23-51)13-17-28)39(53-35)27-14-10-24(22-50)11-15-27/h1-21H. The summed E-state index contributed by atoms with van der Waals surface area (Å²) < 4.78 is 85.6. The van der Waals surface area contributed by atoms with E-state index < -0.39 is 23.5 Å². The highest BCUT2D eigenvalue weighted by Crippen LogP contribution is 2.46. The number of rotatable bonds is 4. The van der Waals surface area contributed by atoms with Crippen LogP contribution in [0.15, 0.2) is 127 Å². The molecule has 2 aromatic heterocycles. The number of nitriles is 2. The number of nitrogens with zero attached hydrogens (tertiary/aromatic N) is 5. The zero-order valence-corrected chi connectivity index (χ0v) is 27.6. The summed E-state index contributed by atoms with van der Waals surface area (Å²) in [5.41, 5.74) is 1.43. The van der Waals surface area contributed by atoms with Crippen LogP contribution >= 0.6 is 0 Å². The maximum absolute atomic E-state index is 14.3. The second-order valence-corrected chi connectivity index (χ2v) is 12.5. The lowest BCUT2D eigenvalue weighted by atomic mass is 9.89. The molecule has 0 N–H and O–H groups in total. The predicted octanol–water partition coefficient (Wildman–Crippen LogP) is 11.8. The molecule has 54 heavy (non-hydrogen) atoms. The van der Waals surface area contributed by atoms with E-state index in [2.05, 4.69) is 12.1 Å². The first-order valence-corrected chi connectivity index (χ1v) is 16.4. The summed E-state index contributed by atoms with van der Waals surface area (Å²) in [5, 5.41) is 20.1. The minimum Gasteiger partial charge on any atom is -0.247 e. The third-order valence-corrected chi connectivity index (χ3v) is 9.12. The fraction of sp³-hybridized carbons (Fsp3) is 0.0465. The topological polar surface area (TPSA) is 86.2 Å². The molecule has 5 nitrogen and oxygen atoms in total. The Labute approximate surface area is 303 Å². The monoisotopic (exact) mass is 721 g/mol. The quantitative estimate of drug-likeness (QED) is 0.133. The van der Waals surface area contributed by atoms with Gasteiger partial charge in [-0.25, -0.2) is 15.0 Å². The molecule has 0 radical (unpaired) electrons. The van der Waals surface area contributed by atoms with Gasteiger partial charge in [0.05, 0.1) is 68.0 Å². The number of benzene rings is 6. The minimum atomic E-state index is -5.08. The van der Waals surface area contributed by atoms with Gasteiger partial charge in [-0.2, -0.15) is 36.9 Å². The van der Waals surface area contributed by atoms with Crippen molar-refractivity contribution in [2.45, 2.75) is 12.4 Å². The normalized spacial score (nSPS) is 11.9. The van der Waals surface area contributed by atoms with Crippen molar-refractivity contribution in [1.29, 1.82) is 10.5 Å². The number of aromatic nitrogens is 3. The second kappa shape index (κ2) is 12.8. The van der Waals surface area contributed by atoms with E-state index in [9.17, 15) is 36.9 Å². The van der Waals surface area contributed by atoms with Gasteiger partial charge in [0.25, 0.3) is 0 Å². The number of halogens is 6. The molecule has 0 saturated heterocycles. The van der Waals surface area contributed by atoms with Gasteiger partial charge < -0.3 is 0 Å². The summed E-state index contributed by atoms with van der Waals surface area (Å²) in [7, 11) is 0. The zero-order chi connectivity index (χ0) is 37.8. The maximum Gasteiger partial charge on any atom is 0.416 e. The van der Waals surface area contributed by atoms with Crippen LogP contribution in [0.2, 0.25) is 0 Å². The van der Waals surface area contributed by atoms with E-state index in [0.29, 0.717) is 84.2 Å². The molecule has 6 aromatic carbocycles. The number of hydrogen-bond acceptors (Lipinski definition) is 5. The van der Waals surface area contributed by atoms with Crippen molar-refractivity contribution < 1.29 is 26.3 Å². The summed E-state index contributed by atoms with van der Waals surface area (Å²) in [4.78, 5) is 15.2. The van der Waals surface area contributed by atoms with Gasteiger partial charge in [-0.1, -0.05) is 72.8 Å². The molecule has 0 spiro atoms. The molecule has 8 aromatic rings.